The Morgan fingerprint density at radius 2 is 2.30 bits per heavy atom. The van der Waals surface area contributed by atoms with Crippen molar-refractivity contribution in [1.29, 1.82) is 0 Å². The van der Waals surface area contributed by atoms with Crippen LogP contribution in [-0.4, -0.2) is 65.2 Å². The van der Waals surface area contributed by atoms with E-state index >= 15 is 0 Å². The van der Waals surface area contributed by atoms with Gasteiger partial charge in [-0.1, -0.05) is 6.07 Å². The average molecular weight is 416 g/mol. The Morgan fingerprint density at radius 3 is 3.03 bits per heavy atom. The standard InChI is InChI=1S/C19H24N6O5/c26-9-14-13(28)7-15(30-14)25-10-22-16-17(25)23-19(24-18(16)29)21-6-2-4-12(27)11-3-1-5-20-8-11/h1,3,5,8,10,12-15,26-28H,2,4,6-7,9H2,(H2,21,23,24,29)/t12?,13-,14+,15+/m0/s1. The first-order valence-corrected chi connectivity index (χ1v) is 9.80. The smallest absolute Gasteiger partial charge is 0.280 e. The Hall–Kier alpha value is -2.86. The highest BCUT2D eigenvalue weighted by Gasteiger charge is 2.35. The summed E-state index contributed by atoms with van der Waals surface area (Å²) in [6, 6.07) is 3.60. The lowest BCUT2D eigenvalue weighted by Crippen LogP contribution is -2.24. The Kier molecular flexibility index (Phi) is 6.04. The first kappa shape index (κ1) is 20.4. The number of pyridine rings is 1. The summed E-state index contributed by atoms with van der Waals surface area (Å²) < 4.78 is 7.22. The molecule has 1 unspecified atom stereocenters. The van der Waals surface area contributed by atoms with Crippen molar-refractivity contribution in [3.8, 4) is 0 Å². The molecule has 1 fully saturated rings. The Balaban J connectivity index is 1.42. The van der Waals surface area contributed by atoms with Gasteiger partial charge >= 0.3 is 0 Å². The van der Waals surface area contributed by atoms with Gasteiger partial charge in [-0.25, -0.2) is 4.98 Å². The molecule has 11 nitrogen and oxygen atoms in total. The first-order chi connectivity index (χ1) is 14.6. The van der Waals surface area contributed by atoms with Gasteiger partial charge in [0.1, 0.15) is 12.3 Å². The molecule has 160 valence electrons. The number of hydrogen-bond donors (Lipinski definition) is 5. The maximum Gasteiger partial charge on any atom is 0.280 e. The van der Waals surface area contributed by atoms with E-state index in [9.17, 15) is 20.1 Å². The van der Waals surface area contributed by atoms with Crippen molar-refractivity contribution in [2.45, 2.75) is 43.8 Å². The zero-order chi connectivity index (χ0) is 21.1. The number of aliphatic hydroxyl groups is 3. The van der Waals surface area contributed by atoms with E-state index in [1.54, 1.807) is 23.0 Å². The minimum atomic E-state index is -0.803. The number of H-pyrrole nitrogens is 1. The van der Waals surface area contributed by atoms with Crippen molar-refractivity contribution < 1.29 is 20.1 Å². The highest BCUT2D eigenvalue weighted by atomic mass is 16.5. The van der Waals surface area contributed by atoms with E-state index in [-0.39, 0.29) is 24.5 Å². The molecule has 0 radical (unpaired) electrons. The molecule has 0 amide bonds. The number of ether oxygens (including phenoxy) is 1. The molecule has 0 aromatic carbocycles. The summed E-state index contributed by atoms with van der Waals surface area (Å²) in [4.78, 5) is 27.5. The third kappa shape index (κ3) is 4.19. The largest absolute Gasteiger partial charge is 0.394 e. The SMILES string of the molecule is O=c1[nH]c(NCCCC(O)c2cccnc2)nc2c1ncn2[C@H]1C[C@H](O)[C@@H](CO)O1. The topological polar surface area (TPSA) is 158 Å². The van der Waals surface area contributed by atoms with E-state index < -0.39 is 30.1 Å². The minimum absolute atomic E-state index is 0.165. The predicted octanol–water partition coefficient (Wildman–Crippen LogP) is 0.0810. The minimum Gasteiger partial charge on any atom is -0.394 e. The highest BCUT2D eigenvalue weighted by molar-refractivity contribution is 5.70. The maximum atomic E-state index is 12.3. The summed E-state index contributed by atoms with van der Waals surface area (Å²) in [7, 11) is 0. The fourth-order valence-corrected chi connectivity index (χ4v) is 3.51. The monoisotopic (exact) mass is 416 g/mol. The summed E-state index contributed by atoms with van der Waals surface area (Å²) in [5.41, 5.74) is 0.855. The van der Waals surface area contributed by atoms with Crippen LogP contribution in [0.5, 0.6) is 0 Å². The van der Waals surface area contributed by atoms with Gasteiger partial charge < -0.3 is 25.4 Å². The van der Waals surface area contributed by atoms with Crippen LogP contribution in [0.3, 0.4) is 0 Å². The van der Waals surface area contributed by atoms with Gasteiger partial charge in [-0.2, -0.15) is 4.98 Å². The molecular formula is C19H24N6O5. The van der Waals surface area contributed by atoms with Gasteiger partial charge in [-0.3, -0.25) is 19.3 Å². The van der Waals surface area contributed by atoms with Gasteiger partial charge in [0.05, 0.1) is 25.1 Å². The molecule has 0 aliphatic carbocycles. The lowest BCUT2D eigenvalue weighted by Gasteiger charge is -2.14. The molecule has 1 saturated heterocycles. The van der Waals surface area contributed by atoms with E-state index in [0.717, 1.165) is 5.56 Å². The van der Waals surface area contributed by atoms with Crippen LogP contribution in [0.2, 0.25) is 0 Å². The summed E-state index contributed by atoms with van der Waals surface area (Å²) >= 11 is 0. The second kappa shape index (κ2) is 8.88. The first-order valence-electron chi connectivity index (χ1n) is 9.80. The normalized spacial score (nSPS) is 22.4. The second-order valence-corrected chi connectivity index (χ2v) is 7.22. The van der Waals surface area contributed by atoms with Gasteiger partial charge in [0.25, 0.3) is 5.56 Å². The van der Waals surface area contributed by atoms with Crippen molar-refractivity contribution in [3.63, 3.8) is 0 Å². The van der Waals surface area contributed by atoms with Crippen LogP contribution in [0.25, 0.3) is 11.2 Å². The number of nitrogens with zero attached hydrogens (tertiary/aromatic N) is 4. The molecule has 30 heavy (non-hydrogen) atoms. The number of aromatic nitrogens is 5. The van der Waals surface area contributed by atoms with Gasteiger partial charge in [0.15, 0.2) is 11.2 Å². The average Bonchev–Trinajstić information content (AvgIpc) is 3.35. The fraction of sp³-hybridized carbons (Fsp3) is 0.474. The maximum absolute atomic E-state index is 12.3. The molecule has 0 saturated carbocycles. The van der Waals surface area contributed by atoms with E-state index in [1.165, 1.54) is 6.33 Å². The fourth-order valence-electron chi connectivity index (χ4n) is 3.51. The molecule has 0 spiro atoms. The van der Waals surface area contributed by atoms with Crippen molar-refractivity contribution in [3.05, 3.63) is 46.8 Å². The number of fused-ring (bicyclic) bond motifs is 1. The third-order valence-electron chi connectivity index (χ3n) is 5.14. The van der Waals surface area contributed by atoms with Crippen molar-refractivity contribution in [2.24, 2.45) is 0 Å². The number of rotatable bonds is 8. The van der Waals surface area contributed by atoms with Crippen molar-refractivity contribution in [1.82, 2.24) is 24.5 Å². The summed E-state index contributed by atoms with van der Waals surface area (Å²) in [6.07, 6.45) is 3.50. The molecule has 1 aliphatic heterocycles. The second-order valence-electron chi connectivity index (χ2n) is 7.22. The lowest BCUT2D eigenvalue weighted by atomic mass is 10.1. The zero-order valence-electron chi connectivity index (χ0n) is 16.2. The van der Waals surface area contributed by atoms with Crippen LogP contribution in [0, 0.1) is 0 Å². The number of hydrogen-bond acceptors (Lipinski definition) is 9. The molecule has 3 aromatic rings. The highest BCUT2D eigenvalue weighted by Crippen LogP contribution is 2.30. The molecule has 4 rings (SSSR count). The number of aliphatic hydroxyl groups excluding tert-OH is 3. The van der Waals surface area contributed by atoms with Crippen LogP contribution < -0.4 is 10.9 Å². The number of aromatic amines is 1. The number of nitrogens with one attached hydrogen (secondary N) is 2. The molecule has 11 heteroatoms. The van der Waals surface area contributed by atoms with E-state index in [2.05, 4.69) is 25.3 Å². The number of anilines is 1. The molecule has 3 aromatic heterocycles. The van der Waals surface area contributed by atoms with Gasteiger partial charge in [-0.05, 0) is 24.5 Å². The van der Waals surface area contributed by atoms with Crippen LogP contribution >= 0.6 is 0 Å². The third-order valence-corrected chi connectivity index (χ3v) is 5.14. The molecule has 4 atom stereocenters. The van der Waals surface area contributed by atoms with Crippen molar-refractivity contribution >= 4 is 17.1 Å². The predicted molar refractivity (Wildman–Crippen MR) is 107 cm³/mol. The number of imidazole rings is 1. The molecule has 0 bridgehead atoms. The van der Waals surface area contributed by atoms with E-state index in [1.807, 2.05) is 6.07 Å². The Morgan fingerprint density at radius 1 is 1.43 bits per heavy atom. The van der Waals surface area contributed by atoms with Crippen LogP contribution in [0.15, 0.2) is 35.6 Å². The quantitative estimate of drug-likeness (QED) is 0.321. The Bertz CT molecular complexity index is 1040. The summed E-state index contributed by atoms with van der Waals surface area (Å²) in [6.45, 7) is 0.196. The van der Waals surface area contributed by atoms with E-state index in [4.69, 9.17) is 4.74 Å². The van der Waals surface area contributed by atoms with Gasteiger partial charge in [-0.15, -0.1) is 0 Å². The van der Waals surface area contributed by atoms with Gasteiger partial charge in [0, 0.05) is 25.4 Å². The van der Waals surface area contributed by atoms with Crippen LogP contribution in [-0.2, 0) is 4.74 Å². The molecular weight excluding hydrogens is 392 g/mol. The molecule has 5 N–H and O–H groups in total. The lowest BCUT2D eigenvalue weighted by molar-refractivity contribution is -0.0432. The van der Waals surface area contributed by atoms with E-state index in [0.29, 0.717) is 25.0 Å². The zero-order valence-corrected chi connectivity index (χ0v) is 16.2. The van der Waals surface area contributed by atoms with Gasteiger partial charge in [0.2, 0.25) is 5.95 Å². The van der Waals surface area contributed by atoms with Crippen LogP contribution in [0.4, 0.5) is 5.95 Å². The molecule has 1 aliphatic rings. The summed E-state index contributed by atoms with van der Waals surface area (Å²) in [5.74, 6) is 0.280. The molecule has 4 heterocycles. The van der Waals surface area contributed by atoms with Crippen molar-refractivity contribution in [2.75, 3.05) is 18.5 Å². The Labute approximate surface area is 171 Å². The summed E-state index contributed by atoms with van der Waals surface area (Å²) in [5, 5.41) is 32.5. The van der Waals surface area contributed by atoms with Crippen LogP contribution in [0.1, 0.15) is 37.2 Å².